The SMILES string of the molecule is CNCc1ccc(-c2cncc3ccccc23)cc1F. The predicted molar refractivity (Wildman–Crippen MR) is 79.9 cm³/mol. The van der Waals surface area contributed by atoms with Crippen LogP contribution in [0.1, 0.15) is 5.56 Å². The number of hydrogen-bond donors (Lipinski definition) is 1. The van der Waals surface area contributed by atoms with E-state index in [4.69, 9.17) is 0 Å². The number of nitrogens with one attached hydrogen (secondary N) is 1. The average Bonchev–Trinajstić information content (AvgIpc) is 2.49. The maximum atomic E-state index is 14.1. The molecule has 3 heteroatoms. The zero-order chi connectivity index (χ0) is 13.9. The third-order valence-electron chi connectivity index (χ3n) is 3.40. The van der Waals surface area contributed by atoms with Crippen molar-refractivity contribution in [1.29, 1.82) is 0 Å². The molecule has 2 aromatic carbocycles. The van der Waals surface area contributed by atoms with Gasteiger partial charge in [-0.3, -0.25) is 4.98 Å². The van der Waals surface area contributed by atoms with Gasteiger partial charge < -0.3 is 5.32 Å². The molecule has 0 amide bonds. The van der Waals surface area contributed by atoms with E-state index < -0.39 is 0 Å². The predicted octanol–water partition coefficient (Wildman–Crippen LogP) is 3.76. The zero-order valence-corrected chi connectivity index (χ0v) is 11.2. The van der Waals surface area contributed by atoms with E-state index in [2.05, 4.69) is 10.3 Å². The Balaban J connectivity index is 2.14. The van der Waals surface area contributed by atoms with Gasteiger partial charge in [0.2, 0.25) is 0 Å². The largest absolute Gasteiger partial charge is 0.316 e. The van der Waals surface area contributed by atoms with Crippen molar-refractivity contribution in [3.8, 4) is 11.1 Å². The lowest BCUT2D eigenvalue weighted by Gasteiger charge is -2.08. The van der Waals surface area contributed by atoms with Gasteiger partial charge in [0.25, 0.3) is 0 Å². The monoisotopic (exact) mass is 266 g/mol. The molecule has 100 valence electrons. The molecule has 0 unspecified atom stereocenters. The van der Waals surface area contributed by atoms with Gasteiger partial charge in [0.15, 0.2) is 0 Å². The number of hydrogen-bond acceptors (Lipinski definition) is 2. The summed E-state index contributed by atoms with van der Waals surface area (Å²) in [6, 6.07) is 13.4. The molecular weight excluding hydrogens is 251 g/mol. The highest BCUT2D eigenvalue weighted by Gasteiger charge is 2.07. The van der Waals surface area contributed by atoms with Crippen LogP contribution in [0.4, 0.5) is 4.39 Å². The first-order valence-corrected chi connectivity index (χ1v) is 6.56. The fourth-order valence-corrected chi connectivity index (χ4v) is 2.40. The van der Waals surface area contributed by atoms with Gasteiger partial charge in [-0.05, 0) is 24.1 Å². The molecule has 3 aromatic rings. The number of pyridine rings is 1. The van der Waals surface area contributed by atoms with Crippen LogP contribution < -0.4 is 5.32 Å². The standard InChI is InChI=1S/C17H15FN2/c1-19-9-14-7-6-12(8-17(14)18)16-11-20-10-13-4-2-3-5-15(13)16/h2-8,10-11,19H,9H2,1H3. The highest BCUT2D eigenvalue weighted by Crippen LogP contribution is 2.28. The number of aromatic nitrogens is 1. The lowest BCUT2D eigenvalue weighted by Crippen LogP contribution is -2.06. The Morgan fingerprint density at radius 3 is 2.75 bits per heavy atom. The van der Waals surface area contributed by atoms with E-state index in [1.807, 2.05) is 49.6 Å². The number of halogens is 1. The molecule has 0 saturated carbocycles. The molecular formula is C17H15FN2. The number of fused-ring (bicyclic) bond motifs is 1. The minimum atomic E-state index is -0.190. The van der Waals surface area contributed by atoms with E-state index >= 15 is 0 Å². The van der Waals surface area contributed by atoms with Crippen molar-refractivity contribution in [2.75, 3.05) is 7.05 Å². The number of rotatable bonds is 3. The molecule has 1 N–H and O–H groups in total. The van der Waals surface area contributed by atoms with Crippen molar-refractivity contribution in [3.63, 3.8) is 0 Å². The van der Waals surface area contributed by atoms with Crippen LogP contribution in [0.3, 0.4) is 0 Å². The van der Waals surface area contributed by atoms with Crippen LogP contribution in [0.15, 0.2) is 54.9 Å². The lowest BCUT2D eigenvalue weighted by molar-refractivity contribution is 0.601. The third kappa shape index (κ3) is 2.28. The van der Waals surface area contributed by atoms with Crippen LogP contribution in [-0.2, 0) is 6.54 Å². The van der Waals surface area contributed by atoms with Crippen molar-refractivity contribution in [3.05, 3.63) is 66.2 Å². The van der Waals surface area contributed by atoms with Gasteiger partial charge >= 0.3 is 0 Å². The quantitative estimate of drug-likeness (QED) is 0.780. The highest BCUT2D eigenvalue weighted by molar-refractivity contribution is 5.95. The summed E-state index contributed by atoms with van der Waals surface area (Å²) in [7, 11) is 1.81. The summed E-state index contributed by atoms with van der Waals surface area (Å²) >= 11 is 0. The van der Waals surface area contributed by atoms with Crippen molar-refractivity contribution in [2.24, 2.45) is 0 Å². The number of benzene rings is 2. The molecule has 0 saturated heterocycles. The highest BCUT2D eigenvalue weighted by atomic mass is 19.1. The van der Waals surface area contributed by atoms with Crippen molar-refractivity contribution >= 4 is 10.8 Å². The first kappa shape index (κ1) is 12.8. The Labute approximate surface area is 117 Å². The van der Waals surface area contributed by atoms with E-state index in [1.165, 1.54) is 0 Å². The minimum Gasteiger partial charge on any atom is -0.316 e. The Bertz CT molecular complexity index is 748. The summed E-state index contributed by atoms with van der Waals surface area (Å²) < 4.78 is 14.1. The van der Waals surface area contributed by atoms with Gasteiger partial charge in [0.05, 0.1) is 0 Å². The Kier molecular flexibility index (Phi) is 3.44. The molecule has 3 rings (SSSR count). The van der Waals surface area contributed by atoms with Crippen LogP contribution in [0, 0.1) is 5.82 Å². The summed E-state index contributed by atoms with van der Waals surface area (Å²) in [5.41, 5.74) is 2.48. The van der Waals surface area contributed by atoms with Gasteiger partial charge in [0.1, 0.15) is 5.82 Å². The Morgan fingerprint density at radius 2 is 1.95 bits per heavy atom. The fraction of sp³-hybridized carbons (Fsp3) is 0.118. The average molecular weight is 266 g/mol. The summed E-state index contributed by atoms with van der Waals surface area (Å²) in [4.78, 5) is 4.24. The molecule has 0 fully saturated rings. The van der Waals surface area contributed by atoms with Crippen LogP contribution in [0.5, 0.6) is 0 Å². The Morgan fingerprint density at radius 1 is 1.10 bits per heavy atom. The summed E-state index contributed by atoms with van der Waals surface area (Å²) in [6.07, 6.45) is 3.61. The first-order valence-electron chi connectivity index (χ1n) is 6.56. The third-order valence-corrected chi connectivity index (χ3v) is 3.40. The van der Waals surface area contributed by atoms with Crippen LogP contribution in [-0.4, -0.2) is 12.0 Å². The van der Waals surface area contributed by atoms with Gasteiger partial charge in [-0.25, -0.2) is 4.39 Å². The van der Waals surface area contributed by atoms with Crippen molar-refractivity contribution in [2.45, 2.75) is 6.54 Å². The molecule has 0 radical (unpaired) electrons. The molecule has 0 aliphatic heterocycles. The van der Waals surface area contributed by atoms with E-state index in [-0.39, 0.29) is 5.82 Å². The maximum absolute atomic E-state index is 14.1. The summed E-state index contributed by atoms with van der Waals surface area (Å²) in [5.74, 6) is -0.190. The molecule has 0 aliphatic rings. The molecule has 0 bridgehead atoms. The van der Waals surface area contributed by atoms with Crippen LogP contribution in [0.25, 0.3) is 21.9 Å². The Hall–Kier alpha value is -2.26. The zero-order valence-electron chi connectivity index (χ0n) is 11.2. The van der Waals surface area contributed by atoms with Gasteiger partial charge in [-0.15, -0.1) is 0 Å². The van der Waals surface area contributed by atoms with Crippen LogP contribution >= 0.6 is 0 Å². The molecule has 0 atom stereocenters. The maximum Gasteiger partial charge on any atom is 0.128 e. The molecule has 1 heterocycles. The number of nitrogens with zero attached hydrogens (tertiary/aromatic N) is 1. The smallest absolute Gasteiger partial charge is 0.128 e. The normalized spacial score (nSPS) is 10.9. The topological polar surface area (TPSA) is 24.9 Å². The van der Waals surface area contributed by atoms with Gasteiger partial charge in [-0.2, -0.15) is 0 Å². The molecule has 20 heavy (non-hydrogen) atoms. The van der Waals surface area contributed by atoms with E-state index in [1.54, 1.807) is 12.3 Å². The van der Waals surface area contributed by atoms with Gasteiger partial charge in [-0.1, -0.05) is 36.4 Å². The lowest BCUT2D eigenvalue weighted by atomic mass is 10.00. The minimum absolute atomic E-state index is 0.190. The second kappa shape index (κ2) is 5.39. The van der Waals surface area contributed by atoms with E-state index in [9.17, 15) is 4.39 Å². The first-order chi connectivity index (χ1) is 9.79. The fourth-order valence-electron chi connectivity index (χ4n) is 2.40. The molecule has 2 nitrogen and oxygen atoms in total. The summed E-state index contributed by atoms with van der Waals surface area (Å²) in [5, 5.41) is 5.11. The second-order valence-corrected chi connectivity index (χ2v) is 4.74. The van der Waals surface area contributed by atoms with Gasteiger partial charge in [0, 0.05) is 35.5 Å². The van der Waals surface area contributed by atoms with Crippen molar-refractivity contribution < 1.29 is 4.39 Å². The van der Waals surface area contributed by atoms with Crippen molar-refractivity contribution in [1.82, 2.24) is 10.3 Å². The second-order valence-electron chi connectivity index (χ2n) is 4.74. The molecule has 1 aromatic heterocycles. The molecule has 0 spiro atoms. The summed E-state index contributed by atoms with van der Waals surface area (Å²) in [6.45, 7) is 0.528. The van der Waals surface area contributed by atoms with E-state index in [0.29, 0.717) is 12.1 Å². The van der Waals surface area contributed by atoms with E-state index in [0.717, 1.165) is 21.9 Å². The van der Waals surface area contributed by atoms with Crippen LogP contribution in [0.2, 0.25) is 0 Å². The molecule has 0 aliphatic carbocycles.